The van der Waals surface area contributed by atoms with Crippen LogP contribution in [0.3, 0.4) is 0 Å². The van der Waals surface area contributed by atoms with Crippen molar-refractivity contribution in [1.29, 1.82) is 0 Å². The van der Waals surface area contributed by atoms with E-state index in [0.717, 1.165) is 38.4 Å². The Morgan fingerprint density at radius 3 is 3.07 bits per heavy atom. The number of hydrogen-bond acceptors (Lipinski definition) is 2. The molecular formula is C11H17F2NO. The van der Waals surface area contributed by atoms with Crippen LogP contribution < -0.4 is 0 Å². The standard InChI is InChI=1S/C11H17F2NO/c1-15-8-11-3-2-4-14(11)7-9(6-11)5-10(12)13/h5,9H,2-4,6-8H2,1H3/t9-,11+/m0/s1. The van der Waals surface area contributed by atoms with Crippen LogP contribution in [-0.4, -0.2) is 37.2 Å². The van der Waals surface area contributed by atoms with E-state index in [4.69, 9.17) is 4.74 Å². The van der Waals surface area contributed by atoms with Gasteiger partial charge in [-0.1, -0.05) is 0 Å². The summed E-state index contributed by atoms with van der Waals surface area (Å²) < 4.78 is 29.6. The number of methoxy groups -OCH3 is 1. The van der Waals surface area contributed by atoms with Crippen molar-refractivity contribution >= 4 is 0 Å². The second-order valence-corrected chi connectivity index (χ2v) is 4.63. The maximum absolute atomic E-state index is 12.2. The molecule has 0 spiro atoms. The number of halogens is 2. The molecule has 2 saturated heterocycles. The molecule has 2 atom stereocenters. The first-order chi connectivity index (χ1) is 7.16. The second-order valence-electron chi connectivity index (χ2n) is 4.63. The predicted molar refractivity (Wildman–Crippen MR) is 53.8 cm³/mol. The maximum Gasteiger partial charge on any atom is 0.266 e. The van der Waals surface area contributed by atoms with Crippen molar-refractivity contribution in [3.63, 3.8) is 0 Å². The Kier molecular flexibility index (Phi) is 3.07. The second kappa shape index (κ2) is 4.18. The monoisotopic (exact) mass is 217 g/mol. The van der Waals surface area contributed by atoms with Crippen molar-refractivity contribution in [3.05, 3.63) is 12.2 Å². The van der Waals surface area contributed by atoms with E-state index in [1.54, 1.807) is 7.11 Å². The third-order valence-corrected chi connectivity index (χ3v) is 3.61. The van der Waals surface area contributed by atoms with Crippen LogP contribution in [-0.2, 0) is 4.74 Å². The summed E-state index contributed by atoms with van der Waals surface area (Å²) in [7, 11) is 1.68. The first-order valence-corrected chi connectivity index (χ1v) is 5.43. The summed E-state index contributed by atoms with van der Waals surface area (Å²) in [5.74, 6) is 0.00505. The normalized spacial score (nSPS) is 35.5. The molecule has 0 aromatic rings. The molecule has 2 rings (SSSR count). The molecule has 0 aromatic carbocycles. The van der Waals surface area contributed by atoms with Crippen molar-refractivity contribution in [2.24, 2.45) is 5.92 Å². The predicted octanol–water partition coefficient (Wildman–Crippen LogP) is 2.27. The highest BCUT2D eigenvalue weighted by Crippen LogP contribution is 2.42. The van der Waals surface area contributed by atoms with Crippen LogP contribution in [0.25, 0.3) is 0 Å². The van der Waals surface area contributed by atoms with E-state index in [1.165, 1.54) is 0 Å². The van der Waals surface area contributed by atoms with Crippen LogP contribution in [0.1, 0.15) is 19.3 Å². The van der Waals surface area contributed by atoms with Gasteiger partial charge in [-0.05, 0) is 37.8 Å². The van der Waals surface area contributed by atoms with Crippen molar-refractivity contribution in [2.75, 3.05) is 26.8 Å². The topological polar surface area (TPSA) is 12.5 Å². The Labute approximate surface area is 88.9 Å². The molecule has 0 aliphatic carbocycles. The van der Waals surface area contributed by atoms with E-state index < -0.39 is 6.08 Å². The molecule has 15 heavy (non-hydrogen) atoms. The summed E-state index contributed by atoms with van der Waals surface area (Å²) in [6.07, 6.45) is 2.62. The highest BCUT2D eigenvalue weighted by molar-refractivity contribution is 5.08. The van der Waals surface area contributed by atoms with Crippen LogP contribution in [0.4, 0.5) is 8.78 Å². The fraction of sp³-hybridized carbons (Fsp3) is 0.818. The largest absolute Gasteiger partial charge is 0.383 e. The summed E-state index contributed by atoms with van der Waals surface area (Å²) in [4.78, 5) is 2.32. The average Bonchev–Trinajstić information content (AvgIpc) is 2.59. The SMILES string of the molecule is COC[C@]12CCCN1C[C@@H](C=C(F)F)C2. The van der Waals surface area contributed by atoms with Gasteiger partial charge in [0.05, 0.1) is 6.61 Å². The first kappa shape index (κ1) is 11.0. The number of nitrogens with zero attached hydrogens (tertiary/aromatic N) is 1. The fourth-order valence-electron chi connectivity index (χ4n) is 3.13. The van der Waals surface area contributed by atoms with Crippen molar-refractivity contribution < 1.29 is 13.5 Å². The number of hydrogen-bond donors (Lipinski definition) is 0. The minimum absolute atomic E-state index is 0.00505. The van der Waals surface area contributed by atoms with Crippen LogP contribution in [0.5, 0.6) is 0 Å². The zero-order chi connectivity index (χ0) is 10.9. The zero-order valence-electron chi connectivity index (χ0n) is 9.01. The van der Waals surface area contributed by atoms with Gasteiger partial charge in [-0.3, -0.25) is 4.90 Å². The van der Waals surface area contributed by atoms with E-state index in [-0.39, 0.29) is 11.5 Å². The van der Waals surface area contributed by atoms with Gasteiger partial charge in [0.1, 0.15) is 0 Å². The molecule has 2 nitrogen and oxygen atoms in total. The van der Waals surface area contributed by atoms with Crippen LogP contribution >= 0.6 is 0 Å². The molecule has 2 aliphatic rings. The number of fused-ring (bicyclic) bond motifs is 1. The first-order valence-electron chi connectivity index (χ1n) is 5.43. The Hall–Kier alpha value is -0.480. The fourth-order valence-corrected chi connectivity index (χ4v) is 3.13. The molecule has 0 radical (unpaired) electrons. The van der Waals surface area contributed by atoms with Crippen molar-refractivity contribution in [3.8, 4) is 0 Å². The van der Waals surface area contributed by atoms with Crippen LogP contribution in [0.15, 0.2) is 12.2 Å². The van der Waals surface area contributed by atoms with Gasteiger partial charge >= 0.3 is 0 Å². The Morgan fingerprint density at radius 2 is 2.40 bits per heavy atom. The van der Waals surface area contributed by atoms with Crippen molar-refractivity contribution in [2.45, 2.75) is 24.8 Å². The Morgan fingerprint density at radius 1 is 1.60 bits per heavy atom. The van der Waals surface area contributed by atoms with E-state index in [2.05, 4.69) is 4.90 Å². The molecule has 2 fully saturated rings. The molecule has 86 valence electrons. The molecule has 2 aliphatic heterocycles. The van der Waals surface area contributed by atoms with Gasteiger partial charge in [0.25, 0.3) is 6.08 Å². The zero-order valence-corrected chi connectivity index (χ0v) is 9.01. The summed E-state index contributed by atoms with van der Waals surface area (Å²) >= 11 is 0. The van der Waals surface area contributed by atoms with Gasteiger partial charge in [0.15, 0.2) is 0 Å². The highest BCUT2D eigenvalue weighted by atomic mass is 19.3. The Balaban J connectivity index is 2.07. The lowest BCUT2D eigenvalue weighted by atomic mass is 9.91. The molecule has 2 heterocycles. The van der Waals surface area contributed by atoms with Gasteiger partial charge in [-0.2, -0.15) is 8.78 Å². The highest BCUT2D eigenvalue weighted by Gasteiger charge is 2.47. The lowest BCUT2D eigenvalue weighted by Gasteiger charge is -2.30. The van der Waals surface area contributed by atoms with Crippen molar-refractivity contribution in [1.82, 2.24) is 4.90 Å². The summed E-state index contributed by atoms with van der Waals surface area (Å²) in [6.45, 7) is 2.47. The lowest BCUT2D eigenvalue weighted by molar-refractivity contribution is 0.0654. The minimum Gasteiger partial charge on any atom is -0.383 e. The molecule has 0 unspecified atom stereocenters. The number of ether oxygens (including phenoxy) is 1. The third-order valence-electron chi connectivity index (χ3n) is 3.61. The van der Waals surface area contributed by atoms with E-state index in [0.29, 0.717) is 6.61 Å². The van der Waals surface area contributed by atoms with Gasteiger partial charge in [0.2, 0.25) is 0 Å². The Bertz CT molecular complexity index is 265. The molecule has 0 amide bonds. The van der Waals surface area contributed by atoms with E-state index in [1.807, 2.05) is 0 Å². The van der Waals surface area contributed by atoms with Gasteiger partial charge < -0.3 is 4.74 Å². The minimum atomic E-state index is -1.55. The van der Waals surface area contributed by atoms with Gasteiger partial charge in [0, 0.05) is 19.2 Å². The van der Waals surface area contributed by atoms with E-state index >= 15 is 0 Å². The summed E-state index contributed by atoms with van der Waals surface area (Å²) in [6, 6.07) is 0. The number of rotatable bonds is 3. The lowest BCUT2D eigenvalue weighted by Crippen LogP contribution is -2.42. The van der Waals surface area contributed by atoms with Gasteiger partial charge in [-0.25, -0.2) is 0 Å². The van der Waals surface area contributed by atoms with Crippen LogP contribution in [0.2, 0.25) is 0 Å². The van der Waals surface area contributed by atoms with Crippen LogP contribution in [0, 0.1) is 5.92 Å². The van der Waals surface area contributed by atoms with Gasteiger partial charge in [-0.15, -0.1) is 0 Å². The summed E-state index contributed by atoms with van der Waals surface area (Å²) in [5.41, 5.74) is 0.0470. The molecule has 0 aromatic heterocycles. The molecule has 4 heteroatoms. The molecule has 0 N–H and O–H groups in total. The van der Waals surface area contributed by atoms with E-state index in [9.17, 15) is 8.78 Å². The molecule has 0 bridgehead atoms. The maximum atomic E-state index is 12.2. The molecular weight excluding hydrogens is 200 g/mol. The smallest absolute Gasteiger partial charge is 0.266 e. The average molecular weight is 217 g/mol. The summed E-state index contributed by atoms with van der Waals surface area (Å²) in [5, 5.41) is 0. The third kappa shape index (κ3) is 2.06. The quantitative estimate of drug-likeness (QED) is 0.719. The molecule has 0 saturated carbocycles.